The fraction of sp³-hybridized carbons (Fsp3) is 0.500. The molecule has 0 spiro atoms. The van der Waals surface area contributed by atoms with Crippen molar-refractivity contribution in [3.8, 4) is 5.75 Å². The number of thioether (sulfide) groups is 1. The van der Waals surface area contributed by atoms with E-state index in [1.165, 1.54) is 42.8 Å². The first-order valence-electron chi connectivity index (χ1n) is 11.0. The Bertz CT molecular complexity index is 1020. The highest BCUT2D eigenvalue weighted by Gasteiger charge is 2.30. The van der Waals surface area contributed by atoms with Gasteiger partial charge in [0.1, 0.15) is 23.3 Å². The second-order valence-corrected chi connectivity index (χ2v) is 10.8. The molecule has 1 aromatic carbocycles. The van der Waals surface area contributed by atoms with Gasteiger partial charge in [-0.25, -0.2) is 22.5 Å². The summed E-state index contributed by atoms with van der Waals surface area (Å²) in [6.07, 6.45) is 1.83. The number of rotatable bonds is 7. The van der Waals surface area contributed by atoms with E-state index in [0.29, 0.717) is 17.3 Å². The van der Waals surface area contributed by atoms with Crippen LogP contribution in [-0.4, -0.2) is 59.3 Å². The molecule has 0 amide bonds. The standard InChI is InChI=1S/C20H24FN3O3S2.C4H8F2/c1-20(2,19(25)26)12-27-15-11-16-17(22-18(15)28-4)24(9-8-23(3)29-16)14-7-5-6-13(21)10-14;1-3-4(2,5)6/h5-7,10-11H,8-9,12H2,1-4H3,(H,25,26);3H2,1-2H3. The highest BCUT2D eigenvalue weighted by Crippen LogP contribution is 2.42. The number of aromatic nitrogens is 1. The fourth-order valence-electron chi connectivity index (χ4n) is 2.74. The van der Waals surface area contributed by atoms with Gasteiger partial charge in [-0.1, -0.05) is 13.0 Å². The molecule has 0 aliphatic carbocycles. The molecule has 0 bridgehead atoms. The van der Waals surface area contributed by atoms with Gasteiger partial charge in [-0.05, 0) is 64.2 Å². The smallest absolute Gasteiger partial charge is 0.312 e. The van der Waals surface area contributed by atoms with Crippen LogP contribution in [0.3, 0.4) is 0 Å². The highest BCUT2D eigenvalue weighted by molar-refractivity contribution is 7.98. The topological polar surface area (TPSA) is 65.9 Å². The number of ether oxygens (including phenoxy) is 1. The van der Waals surface area contributed by atoms with E-state index >= 15 is 0 Å². The number of fused-ring (bicyclic) bond motifs is 1. The zero-order valence-corrected chi connectivity index (χ0v) is 22.4. The molecule has 6 nitrogen and oxygen atoms in total. The SMILES string of the molecule is CCC(C)(F)F.CSc1nc2c(cc1OCC(C)(C)C(=O)O)SN(C)CCN2c1cccc(F)c1. The number of carboxylic acid groups (broad SMARTS) is 1. The summed E-state index contributed by atoms with van der Waals surface area (Å²) in [5.41, 5.74) is -0.276. The third-order valence-corrected chi connectivity index (χ3v) is 6.82. The average molecular weight is 532 g/mol. The van der Waals surface area contributed by atoms with E-state index in [4.69, 9.17) is 9.72 Å². The molecule has 0 saturated carbocycles. The second-order valence-electron chi connectivity index (χ2n) is 8.79. The van der Waals surface area contributed by atoms with Crippen molar-refractivity contribution in [3.63, 3.8) is 0 Å². The number of anilines is 2. The van der Waals surface area contributed by atoms with Gasteiger partial charge in [-0.15, -0.1) is 11.8 Å². The third-order valence-electron chi connectivity index (χ3n) is 5.15. The molecule has 194 valence electrons. The summed E-state index contributed by atoms with van der Waals surface area (Å²) in [4.78, 5) is 19.1. The second kappa shape index (κ2) is 12.2. The Kier molecular flexibility index (Phi) is 10.2. The number of halogens is 3. The van der Waals surface area contributed by atoms with Gasteiger partial charge in [-0.3, -0.25) is 4.79 Å². The molecule has 2 aromatic rings. The van der Waals surface area contributed by atoms with Crippen LogP contribution in [0.25, 0.3) is 0 Å². The largest absolute Gasteiger partial charge is 0.490 e. The predicted octanol–water partition coefficient (Wildman–Crippen LogP) is 6.57. The van der Waals surface area contributed by atoms with E-state index in [-0.39, 0.29) is 18.8 Å². The van der Waals surface area contributed by atoms with Crippen LogP contribution in [0.15, 0.2) is 40.3 Å². The molecule has 0 radical (unpaired) electrons. The van der Waals surface area contributed by atoms with E-state index < -0.39 is 17.3 Å². The summed E-state index contributed by atoms with van der Waals surface area (Å²) in [6, 6.07) is 8.37. The average Bonchev–Trinajstić information content (AvgIpc) is 2.94. The van der Waals surface area contributed by atoms with Crippen molar-refractivity contribution < 1.29 is 27.8 Å². The number of nitrogens with zero attached hydrogens (tertiary/aromatic N) is 3. The van der Waals surface area contributed by atoms with E-state index in [1.54, 1.807) is 19.9 Å². The summed E-state index contributed by atoms with van der Waals surface area (Å²) in [5, 5.41) is 10.0. The van der Waals surface area contributed by atoms with Gasteiger partial charge in [0, 0.05) is 31.3 Å². The molecule has 0 fully saturated rings. The van der Waals surface area contributed by atoms with Crippen molar-refractivity contribution >= 4 is 41.2 Å². The minimum absolute atomic E-state index is 0.0322. The van der Waals surface area contributed by atoms with Gasteiger partial charge in [0.2, 0.25) is 5.92 Å². The van der Waals surface area contributed by atoms with Crippen molar-refractivity contribution in [3.05, 3.63) is 36.1 Å². The number of pyridine rings is 1. The predicted molar refractivity (Wildman–Crippen MR) is 136 cm³/mol. The summed E-state index contributed by atoms with van der Waals surface area (Å²) < 4.78 is 44.7. The first-order valence-corrected chi connectivity index (χ1v) is 13.0. The van der Waals surface area contributed by atoms with Crippen molar-refractivity contribution in [1.82, 2.24) is 9.29 Å². The van der Waals surface area contributed by atoms with Gasteiger partial charge in [0.25, 0.3) is 0 Å². The van der Waals surface area contributed by atoms with Gasteiger partial charge in [0.15, 0.2) is 5.75 Å². The van der Waals surface area contributed by atoms with Gasteiger partial charge >= 0.3 is 5.97 Å². The minimum Gasteiger partial charge on any atom is -0.490 e. The number of carboxylic acids is 1. The highest BCUT2D eigenvalue weighted by atomic mass is 32.2. The lowest BCUT2D eigenvalue weighted by atomic mass is 9.95. The van der Waals surface area contributed by atoms with E-state index in [2.05, 4.69) is 4.31 Å². The van der Waals surface area contributed by atoms with Crippen LogP contribution >= 0.6 is 23.7 Å². The lowest BCUT2D eigenvalue weighted by Gasteiger charge is -2.25. The molecule has 1 aliphatic rings. The van der Waals surface area contributed by atoms with Crippen LogP contribution < -0.4 is 9.64 Å². The molecular weight excluding hydrogens is 499 g/mol. The first kappa shape index (κ1) is 29.1. The Morgan fingerprint density at radius 3 is 2.46 bits per heavy atom. The maximum Gasteiger partial charge on any atom is 0.312 e. The summed E-state index contributed by atoms with van der Waals surface area (Å²) in [7, 11) is 1.99. The molecular formula is C24H32F3N3O3S2. The van der Waals surface area contributed by atoms with Crippen LogP contribution in [0, 0.1) is 11.2 Å². The van der Waals surface area contributed by atoms with E-state index in [0.717, 1.165) is 29.9 Å². The molecule has 3 rings (SSSR count). The fourth-order valence-corrected chi connectivity index (χ4v) is 4.14. The molecule has 35 heavy (non-hydrogen) atoms. The Hall–Kier alpha value is -2.11. The molecule has 2 heterocycles. The number of hydrogen-bond donors (Lipinski definition) is 1. The first-order chi connectivity index (χ1) is 16.3. The lowest BCUT2D eigenvalue weighted by Crippen LogP contribution is -2.30. The summed E-state index contributed by atoms with van der Waals surface area (Å²) in [5.74, 6) is -2.39. The zero-order chi connectivity index (χ0) is 26.4. The van der Waals surface area contributed by atoms with Crippen LogP contribution in [-0.2, 0) is 4.79 Å². The monoisotopic (exact) mass is 531 g/mol. The van der Waals surface area contributed by atoms with Gasteiger partial charge in [-0.2, -0.15) is 0 Å². The zero-order valence-electron chi connectivity index (χ0n) is 20.8. The van der Waals surface area contributed by atoms with Crippen molar-refractivity contribution in [2.75, 3.05) is 37.9 Å². The van der Waals surface area contributed by atoms with Crippen molar-refractivity contribution in [2.24, 2.45) is 5.41 Å². The number of benzene rings is 1. The maximum absolute atomic E-state index is 13.8. The molecule has 1 N–H and O–H groups in total. The normalized spacial score (nSPS) is 14.5. The molecule has 0 atom stereocenters. The van der Waals surface area contributed by atoms with Crippen LogP contribution in [0.5, 0.6) is 5.75 Å². The quantitative estimate of drug-likeness (QED) is 0.318. The maximum atomic E-state index is 13.8. The Balaban J connectivity index is 0.000000641. The summed E-state index contributed by atoms with van der Waals surface area (Å²) in [6.45, 7) is 7.07. The number of alkyl halides is 2. The number of aliphatic carboxylic acids is 1. The lowest BCUT2D eigenvalue weighted by molar-refractivity contribution is -0.148. The Morgan fingerprint density at radius 2 is 1.91 bits per heavy atom. The number of carbonyl (C=O) groups is 1. The number of hydrogen-bond acceptors (Lipinski definition) is 7. The summed E-state index contributed by atoms with van der Waals surface area (Å²) >= 11 is 2.97. The minimum atomic E-state index is -2.46. The molecule has 0 saturated heterocycles. The Morgan fingerprint density at radius 1 is 1.26 bits per heavy atom. The van der Waals surface area contributed by atoms with Crippen LogP contribution in [0.1, 0.15) is 34.1 Å². The molecule has 1 aliphatic heterocycles. The van der Waals surface area contributed by atoms with Gasteiger partial charge in [0.05, 0.1) is 10.3 Å². The molecule has 0 unspecified atom stereocenters. The van der Waals surface area contributed by atoms with Crippen LogP contribution in [0.4, 0.5) is 24.7 Å². The molecule has 1 aromatic heterocycles. The van der Waals surface area contributed by atoms with E-state index in [9.17, 15) is 23.1 Å². The van der Waals surface area contributed by atoms with Crippen LogP contribution in [0.2, 0.25) is 0 Å². The third kappa shape index (κ3) is 8.50. The Labute approximate surface area is 213 Å². The van der Waals surface area contributed by atoms with Gasteiger partial charge < -0.3 is 14.7 Å². The van der Waals surface area contributed by atoms with Crippen molar-refractivity contribution in [2.45, 2.75) is 50.0 Å². The van der Waals surface area contributed by atoms with Crippen molar-refractivity contribution in [1.29, 1.82) is 0 Å². The molecule has 11 heteroatoms. The number of likely N-dealkylation sites (N-methyl/N-ethyl adjacent to an activating group) is 1. The van der Waals surface area contributed by atoms with E-state index in [1.807, 2.05) is 30.3 Å².